The third-order valence-corrected chi connectivity index (χ3v) is 7.53. The van der Waals surface area contributed by atoms with Crippen LogP contribution in [-0.4, -0.2) is 41.9 Å². The van der Waals surface area contributed by atoms with Crippen LogP contribution >= 0.6 is 11.6 Å². The Balaban J connectivity index is 1.28. The van der Waals surface area contributed by atoms with Crippen molar-refractivity contribution in [3.05, 3.63) is 94.5 Å². The molecule has 6 rings (SSSR count). The summed E-state index contributed by atoms with van der Waals surface area (Å²) in [6.45, 7) is 2.00. The number of fused-ring (bicyclic) bond motifs is 1. The smallest absolute Gasteiger partial charge is 0.416 e. The fraction of sp³-hybridized carbons (Fsp3) is 0.276. The van der Waals surface area contributed by atoms with Gasteiger partial charge in [0.1, 0.15) is 11.6 Å². The molecule has 40 heavy (non-hydrogen) atoms. The maximum atomic E-state index is 13.4. The Labute approximate surface area is 233 Å². The van der Waals surface area contributed by atoms with Crippen LogP contribution in [0.1, 0.15) is 39.7 Å². The van der Waals surface area contributed by atoms with Gasteiger partial charge < -0.3 is 19.5 Å². The lowest BCUT2D eigenvalue weighted by atomic mass is 9.84. The predicted molar refractivity (Wildman–Crippen MR) is 147 cm³/mol. The van der Waals surface area contributed by atoms with E-state index in [1.807, 2.05) is 28.0 Å². The predicted octanol–water partition coefficient (Wildman–Crippen LogP) is 6.72. The van der Waals surface area contributed by atoms with Gasteiger partial charge in [0.05, 0.1) is 23.1 Å². The molecule has 4 aromatic rings. The van der Waals surface area contributed by atoms with Crippen molar-refractivity contribution in [3.8, 4) is 0 Å². The number of halogens is 4. The number of furan rings is 1. The standard InChI is InChI=1S/C29H25ClF3N5O2/c30-20-6-8-21(9-7-20)34-27-26-23(15-18(16-24(26)39)25-5-2-14-40-25)35-28(36-27)38-12-10-37(11-13-38)22-4-1-3-19(17-22)29(31,32)33/h1-9,14,17-18H,10-13,15-16H2,(H,34,35,36). The number of hydrogen-bond donors (Lipinski definition) is 1. The van der Waals surface area contributed by atoms with Crippen molar-refractivity contribution in [3.63, 3.8) is 0 Å². The Morgan fingerprint density at radius 3 is 2.38 bits per heavy atom. The molecule has 1 fully saturated rings. The number of carbonyl (C=O) groups is 1. The topological polar surface area (TPSA) is 74.5 Å². The van der Waals surface area contributed by atoms with E-state index in [4.69, 9.17) is 26.0 Å². The van der Waals surface area contributed by atoms with Crippen LogP contribution in [0.2, 0.25) is 5.02 Å². The van der Waals surface area contributed by atoms with Gasteiger partial charge in [0.15, 0.2) is 5.78 Å². The summed E-state index contributed by atoms with van der Waals surface area (Å²) in [5.74, 6) is 1.43. The second-order valence-electron chi connectivity index (χ2n) is 9.89. The van der Waals surface area contributed by atoms with Crippen LogP contribution in [0.4, 0.5) is 36.3 Å². The van der Waals surface area contributed by atoms with Crippen LogP contribution in [0.25, 0.3) is 0 Å². The number of rotatable bonds is 5. The molecule has 11 heteroatoms. The Hall–Kier alpha value is -4.05. The van der Waals surface area contributed by atoms with Gasteiger partial charge in [0.2, 0.25) is 5.95 Å². The van der Waals surface area contributed by atoms with Crippen LogP contribution in [0, 0.1) is 0 Å². The van der Waals surface area contributed by atoms with Crippen LogP contribution in [0.15, 0.2) is 71.3 Å². The minimum Gasteiger partial charge on any atom is -0.469 e. The van der Waals surface area contributed by atoms with E-state index in [2.05, 4.69) is 5.32 Å². The first-order valence-corrected chi connectivity index (χ1v) is 13.3. The number of carbonyl (C=O) groups excluding carboxylic acids is 1. The van der Waals surface area contributed by atoms with Crippen LogP contribution < -0.4 is 15.1 Å². The molecule has 0 saturated carbocycles. The first kappa shape index (κ1) is 26.2. The van der Waals surface area contributed by atoms with Gasteiger partial charge in [-0.3, -0.25) is 4.79 Å². The lowest BCUT2D eigenvalue weighted by Gasteiger charge is -2.37. The summed E-state index contributed by atoms with van der Waals surface area (Å²) in [7, 11) is 0. The SMILES string of the molecule is O=C1CC(c2ccco2)Cc2nc(N3CCN(c4cccc(C(F)(F)F)c4)CC3)nc(Nc3ccc(Cl)cc3)c21. The number of anilines is 4. The fourth-order valence-corrected chi connectivity index (χ4v) is 5.36. The van der Waals surface area contributed by atoms with Crippen molar-refractivity contribution < 1.29 is 22.4 Å². The van der Waals surface area contributed by atoms with Gasteiger partial charge in [-0.15, -0.1) is 0 Å². The first-order chi connectivity index (χ1) is 19.2. The van der Waals surface area contributed by atoms with E-state index in [0.717, 1.165) is 17.5 Å². The van der Waals surface area contributed by atoms with Crippen LogP contribution in [0.3, 0.4) is 0 Å². The van der Waals surface area contributed by atoms with E-state index in [-0.39, 0.29) is 18.1 Å². The molecule has 7 nitrogen and oxygen atoms in total. The highest BCUT2D eigenvalue weighted by Gasteiger charge is 2.34. The number of ketones is 1. The summed E-state index contributed by atoms with van der Waals surface area (Å²) in [5, 5.41) is 3.87. The van der Waals surface area contributed by atoms with Gasteiger partial charge in [-0.1, -0.05) is 17.7 Å². The molecule has 1 N–H and O–H groups in total. The highest BCUT2D eigenvalue weighted by Crippen LogP contribution is 2.37. The van der Waals surface area contributed by atoms with Gasteiger partial charge in [-0.2, -0.15) is 18.2 Å². The second kappa shape index (κ2) is 10.5. The number of hydrogen-bond acceptors (Lipinski definition) is 7. The number of aromatic nitrogens is 2. The molecular formula is C29H25ClF3N5O2. The van der Waals surface area contributed by atoms with Gasteiger partial charge in [-0.05, 0) is 54.6 Å². The molecule has 0 radical (unpaired) electrons. The summed E-state index contributed by atoms with van der Waals surface area (Å²) in [4.78, 5) is 26.9. The number of Topliss-reactive ketones (excluding diaryl/α,β-unsaturated/α-hetero) is 1. The average Bonchev–Trinajstić information content (AvgIpc) is 3.49. The van der Waals surface area contributed by atoms with Crippen molar-refractivity contribution in [2.24, 2.45) is 0 Å². The van der Waals surface area contributed by atoms with E-state index in [9.17, 15) is 18.0 Å². The van der Waals surface area contributed by atoms with Crippen molar-refractivity contribution in [1.82, 2.24) is 9.97 Å². The van der Waals surface area contributed by atoms with Gasteiger partial charge in [0, 0.05) is 61.3 Å². The first-order valence-electron chi connectivity index (χ1n) is 12.9. The lowest BCUT2D eigenvalue weighted by molar-refractivity contribution is -0.137. The highest BCUT2D eigenvalue weighted by molar-refractivity contribution is 6.30. The van der Waals surface area contributed by atoms with Crippen molar-refractivity contribution in [1.29, 1.82) is 0 Å². The molecule has 206 valence electrons. The number of nitrogens with zero attached hydrogens (tertiary/aromatic N) is 4. The molecule has 1 saturated heterocycles. The summed E-state index contributed by atoms with van der Waals surface area (Å²) >= 11 is 6.05. The number of benzene rings is 2. The second-order valence-corrected chi connectivity index (χ2v) is 10.3. The quantitative estimate of drug-likeness (QED) is 0.287. The van der Waals surface area contributed by atoms with Crippen LogP contribution in [0.5, 0.6) is 0 Å². The van der Waals surface area contributed by atoms with Gasteiger partial charge >= 0.3 is 6.18 Å². The molecule has 0 bridgehead atoms. The molecule has 1 aliphatic heterocycles. The summed E-state index contributed by atoms with van der Waals surface area (Å²) in [6.07, 6.45) is -2.00. The Kier molecular flexibility index (Phi) is 6.87. The molecular weight excluding hydrogens is 543 g/mol. The molecule has 0 spiro atoms. The van der Waals surface area contributed by atoms with Crippen molar-refractivity contribution in [2.45, 2.75) is 24.9 Å². The monoisotopic (exact) mass is 567 g/mol. The summed E-state index contributed by atoms with van der Waals surface area (Å²) in [6, 6.07) is 16.2. The molecule has 0 amide bonds. The van der Waals surface area contributed by atoms with Crippen LogP contribution in [-0.2, 0) is 12.6 Å². The third kappa shape index (κ3) is 5.36. The largest absolute Gasteiger partial charge is 0.469 e. The number of nitrogens with one attached hydrogen (secondary N) is 1. The van der Waals surface area contributed by atoms with E-state index in [1.165, 1.54) is 12.1 Å². The fourth-order valence-electron chi connectivity index (χ4n) is 5.24. The molecule has 3 heterocycles. The van der Waals surface area contributed by atoms with E-state index >= 15 is 0 Å². The summed E-state index contributed by atoms with van der Waals surface area (Å²) in [5.41, 5.74) is 1.69. The zero-order valence-corrected chi connectivity index (χ0v) is 22.0. The zero-order chi connectivity index (χ0) is 27.9. The lowest BCUT2D eigenvalue weighted by Crippen LogP contribution is -2.47. The number of piperazine rings is 1. The van der Waals surface area contributed by atoms with E-state index < -0.39 is 11.7 Å². The third-order valence-electron chi connectivity index (χ3n) is 7.28. The minimum absolute atomic E-state index is 0.0694. The molecule has 1 atom stereocenters. The van der Waals surface area contributed by atoms with E-state index in [0.29, 0.717) is 66.3 Å². The Morgan fingerprint density at radius 2 is 1.68 bits per heavy atom. The maximum Gasteiger partial charge on any atom is 0.416 e. The normalized spacial score (nSPS) is 17.6. The number of alkyl halides is 3. The van der Waals surface area contributed by atoms with Gasteiger partial charge in [0.25, 0.3) is 0 Å². The van der Waals surface area contributed by atoms with Gasteiger partial charge in [-0.25, -0.2) is 4.98 Å². The van der Waals surface area contributed by atoms with Crippen molar-refractivity contribution >= 4 is 40.5 Å². The van der Waals surface area contributed by atoms with E-state index in [1.54, 1.807) is 30.5 Å². The Morgan fingerprint density at radius 1 is 0.925 bits per heavy atom. The maximum absolute atomic E-state index is 13.4. The highest BCUT2D eigenvalue weighted by atomic mass is 35.5. The summed E-state index contributed by atoms with van der Waals surface area (Å²) < 4.78 is 45.3. The average molecular weight is 568 g/mol. The molecule has 2 aliphatic rings. The molecule has 2 aromatic heterocycles. The zero-order valence-electron chi connectivity index (χ0n) is 21.3. The molecule has 2 aromatic carbocycles. The van der Waals surface area contributed by atoms with Crippen molar-refractivity contribution in [2.75, 3.05) is 41.3 Å². The Bertz CT molecular complexity index is 1520. The molecule has 1 aliphatic carbocycles. The minimum atomic E-state index is -4.40. The molecule has 1 unspecified atom stereocenters.